The van der Waals surface area contributed by atoms with E-state index in [4.69, 9.17) is 16.0 Å². The topological polar surface area (TPSA) is 38.9 Å². The number of aromatic nitrogens is 2. The van der Waals surface area contributed by atoms with Crippen molar-refractivity contribution in [3.05, 3.63) is 34.6 Å². The SMILES string of the molecule is Cc1occc1Sc1nc(C(C)C)nc(Cl)c1C. The van der Waals surface area contributed by atoms with Gasteiger partial charge in [0.2, 0.25) is 0 Å². The van der Waals surface area contributed by atoms with Crippen LogP contribution in [-0.2, 0) is 0 Å². The molecule has 2 aromatic rings. The first-order chi connectivity index (χ1) is 8.49. The number of aryl methyl sites for hydroxylation is 1. The molecule has 5 heteroatoms. The van der Waals surface area contributed by atoms with Crippen LogP contribution in [0.2, 0.25) is 5.15 Å². The predicted molar refractivity (Wildman–Crippen MR) is 73.4 cm³/mol. The Morgan fingerprint density at radius 3 is 2.56 bits per heavy atom. The van der Waals surface area contributed by atoms with Gasteiger partial charge in [0.25, 0.3) is 0 Å². The summed E-state index contributed by atoms with van der Waals surface area (Å²) in [6.07, 6.45) is 1.68. The van der Waals surface area contributed by atoms with Crippen LogP contribution in [-0.4, -0.2) is 9.97 Å². The second-order valence-corrected chi connectivity index (χ2v) is 5.79. The van der Waals surface area contributed by atoms with Gasteiger partial charge in [-0.25, -0.2) is 9.97 Å². The van der Waals surface area contributed by atoms with Crippen LogP contribution in [0, 0.1) is 13.8 Å². The van der Waals surface area contributed by atoms with E-state index in [1.807, 2.05) is 19.9 Å². The zero-order chi connectivity index (χ0) is 13.3. The van der Waals surface area contributed by atoms with Crippen molar-refractivity contribution in [2.24, 2.45) is 0 Å². The van der Waals surface area contributed by atoms with Gasteiger partial charge in [-0.3, -0.25) is 0 Å². The molecule has 2 heterocycles. The zero-order valence-electron chi connectivity index (χ0n) is 10.8. The van der Waals surface area contributed by atoms with Gasteiger partial charge in [0.1, 0.15) is 21.8 Å². The molecule has 0 amide bonds. The van der Waals surface area contributed by atoms with Gasteiger partial charge in [0, 0.05) is 11.5 Å². The maximum absolute atomic E-state index is 6.16. The average Bonchev–Trinajstić information content (AvgIpc) is 2.70. The van der Waals surface area contributed by atoms with Crippen LogP contribution in [0.3, 0.4) is 0 Å². The highest BCUT2D eigenvalue weighted by molar-refractivity contribution is 7.99. The molecule has 18 heavy (non-hydrogen) atoms. The second-order valence-electron chi connectivity index (χ2n) is 4.40. The summed E-state index contributed by atoms with van der Waals surface area (Å²) in [5.41, 5.74) is 0.909. The summed E-state index contributed by atoms with van der Waals surface area (Å²) in [4.78, 5) is 9.93. The van der Waals surface area contributed by atoms with Gasteiger partial charge in [-0.05, 0) is 19.9 Å². The van der Waals surface area contributed by atoms with Crippen molar-refractivity contribution >= 4 is 23.4 Å². The van der Waals surface area contributed by atoms with Crippen molar-refractivity contribution in [3.63, 3.8) is 0 Å². The predicted octanol–water partition coefficient (Wildman–Crippen LogP) is 4.61. The largest absolute Gasteiger partial charge is 0.468 e. The standard InChI is InChI=1S/C13H15ClN2OS/c1-7(2)12-15-11(14)8(3)13(16-12)18-10-5-6-17-9(10)4/h5-7H,1-4H3. The van der Waals surface area contributed by atoms with Crippen LogP contribution in [0.15, 0.2) is 26.7 Å². The lowest BCUT2D eigenvalue weighted by Gasteiger charge is -2.10. The van der Waals surface area contributed by atoms with Crippen molar-refractivity contribution in [2.75, 3.05) is 0 Å². The van der Waals surface area contributed by atoms with Crippen molar-refractivity contribution in [1.82, 2.24) is 9.97 Å². The molecule has 0 fully saturated rings. The normalized spacial score (nSPS) is 11.2. The fourth-order valence-corrected chi connectivity index (χ4v) is 2.57. The molecule has 0 aromatic carbocycles. The van der Waals surface area contributed by atoms with Crippen molar-refractivity contribution < 1.29 is 4.42 Å². The Morgan fingerprint density at radius 1 is 1.28 bits per heavy atom. The van der Waals surface area contributed by atoms with Gasteiger partial charge >= 0.3 is 0 Å². The highest BCUT2D eigenvalue weighted by atomic mass is 35.5. The van der Waals surface area contributed by atoms with Crippen LogP contribution >= 0.6 is 23.4 Å². The third-order valence-corrected chi connectivity index (χ3v) is 4.20. The summed E-state index contributed by atoms with van der Waals surface area (Å²) in [6, 6.07) is 1.94. The van der Waals surface area contributed by atoms with Gasteiger partial charge in [-0.15, -0.1) is 0 Å². The summed E-state index contributed by atoms with van der Waals surface area (Å²) in [7, 11) is 0. The summed E-state index contributed by atoms with van der Waals surface area (Å²) in [6.45, 7) is 7.98. The molecular formula is C13H15ClN2OS. The van der Waals surface area contributed by atoms with Crippen LogP contribution in [0.5, 0.6) is 0 Å². The Balaban J connectivity index is 2.41. The van der Waals surface area contributed by atoms with E-state index in [9.17, 15) is 0 Å². The second kappa shape index (κ2) is 5.33. The zero-order valence-corrected chi connectivity index (χ0v) is 12.4. The lowest BCUT2D eigenvalue weighted by Crippen LogP contribution is -2.01. The van der Waals surface area contributed by atoms with Gasteiger partial charge in [-0.1, -0.05) is 37.2 Å². The van der Waals surface area contributed by atoms with Crippen LogP contribution in [0.25, 0.3) is 0 Å². The first-order valence-electron chi connectivity index (χ1n) is 5.75. The monoisotopic (exact) mass is 282 g/mol. The van der Waals surface area contributed by atoms with Gasteiger partial charge in [-0.2, -0.15) is 0 Å². The minimum absolute atomic E-state index is 0.257. The number of hydrogen-bond donors (Lipinski definition) is 0. The van der Waals surface area contributed by atoms with Crippen LogP contribution < -0.4 is 0 Å². The van der Waals surface area contributed by atoms with Crippen molar-refractivity contribution in [1.29, 1.82) is 0 Å². The smallest absolute Gasteiger partial charge is 0.136 e. The molecule has 0 atom stereocenters. The maximum Gasteiger partial charge on any atom is 0.136 e. The molecule has 2 rings (SSSR count). The van der Waals surface area contributed by atoms with Gasteiger partial charge in [0.15, 0.2) is 0 Å². The summed E-state index contributed by atoms with van der Waals surface area (Å²) >= 11 is 7.72. The molecular weight excluding hydrogens is 268 g/mol. The third-order valence-electron chi connectivity index (χ3n) is 2.59. The van der Waals surface area contributed by atoms with E-state index in [-0.39, 0.29) is 5.92 Å². The summed E-state index contributed by atoms with van der Waals surface area (Å²) in [5, 5.41) is 1.42. The Labute approximate surface area is 116 Å². The summed E-state index contributed by atoms with van der Waals surface area (Å²) < 4.78 is 5.29. The van der Waals surface area contributed by atoms with E-state index < -0.39 is 0 Å². The number of halogens is 1. The molecule has 0 aliphatic rings. The van der Waals surface area contributed by atoms with E-state index in [0.29, 0.717) is 5.15 Å². The fraction of sp³-hybridized carbons (Fsp3) is 0.385. The minimum Gasteiger partial charge on any atom is -0.468 e. The van der Waals surface area contributed by atoms with Crippen LogP contribution in [0.1, 0.15) is 36.9 Å². The molecule has 3 nitrogen and oxygen atoms in total. The number of hydrogen-bond acceptors (Lipinski definition) is 4. The maximum atomic E-state index is 6.16. The van der Waals surface area contributed by atoms with E-state index in [1.54, 1.807) is 18.0 Å². The Morgan fingerprint density at radius 2 is 2.00 bits per heavy atom. The third kappa shape index (κ3) is 2.70. The van der Waals surface area contributed by atoms with Crippen molar-refractivity contribution in [3.8, 4) is 0 Å². The van der Waals surface area contributed by atoms with E-state index in [2.05, 4.69) is 23.8 Å². The molecule has 2 aromatic heterocycles. The quantitative estimate of drug-likeness (QED) is 0.770. The Bertz CT molecular complexity index is 566. The Hall–Kier alpha value is -1.00. The van der Waals surface area contributed by atoms with E-state index >= 15 is 0 Å². The molecule has 0 spiro atoms. The minimum atomic E-state index is 0.257. The molecule has 0 aliphatic carbocycles. The lowest BCUT2D eigenvalue weighted by atomic mass is 10.2. The van der Waals surface area contributed by atoms with Crippen LogP contribution in [0.4, 0.5) is 0 Å². The molecule has 0 radical (unpaired) electrons. The molecule has 0 N–H and O–H groups in total. The molecule has 0 bridgehead atoms. The molecule has 0 saturated carbocycles. The number of furan rings is 1. The highest BCUT2D eigenvalue weighted by Crippen LogP contribution is 2.34. The Kier molecular flexibility index (Phi) is 3.97. The molecule has 96 valence electrons. The van der Waals surface area contributed by atoms with E-state index in [0.717, 1.165) is 27.1 Å². The average molecular weight is 283 g/mol. The molecule has 0 aliphatic heterocycles. The molecule has 0 unspecified atom stereocenters. The van der Waals surface area contributed by atoms with Gasteiger partial charge < -0.3 is 4.42 Å². The molecule has 0 saturated heterocycles. The first kappa shape index (κ1) is 13.4. The number of rotatable bonds is 3. The van der Waals surface area contributed by atoms with Gasteiger partial charge in [0.05, 0.1) is 11.2 Å². The highest BCUT2D eigenvalue weighted by Gasteiger charge is 2.14. The fourth-order valence-electron chi connectivity index (χ4n) is 1.43. The summed E-state index contributed by atoms with van der Waals surface area (Å²) in [5.74, 6) is 1.92. The van der Waals surface area contributed by atoms with Crippen molar-refractivity contribution in [2.45, 2.75) is 43.5 Å². The number of nitrogens with zero attached hydrogens (tertiary/aromatic N) is 2. The lowest BCUT2D eigenvalue weighted by molar-refractivity contribution is 0.527. The van der Waals surface area contributed by atoms with E-state index in [1.165, 1.54) is 0 Å². The first-order valence-corrected chi connectivity index (χ1v) is 6.94.